The number of fused-ring (bicyclic) bond motifs is 1. The van der Waals surface area contributed by atoms with Gasteiger partial charge in [-0.2, -0.15) is 0 Å². The molecule has 0 amide bonds. The second-order valence-corrected chi connectivity index (χ2v) is 3.60. The van der Waals surface area contributed by atoms with Gasteiger partial charge in [0.25, 0.3) is 0 Å². The Balaban J connectivity index is 2.95. The monoisotopic (exact) mass is 259 g/mol. The Morgan fingerprint density at radius 1 is 1.29 bits per heavy atom. The Kier molecular flexibility index (Phi) is 2.11. The van der Waals surface area contributed by atoms with Gasteiger partial charge in [0.2, 0.25) is 0 Å². The number of halogens is 3. The Labute approximate surface area is 86.3 Å². The van der Waals surface area contributed by atoms with Crippen molar-refractivity contribution in [3.05, 3.63) is 34.4 Å². The van der Waals surface area contributed by atoms with Crippen molar-refractivity contribution in [2.45, 2.75) is 0 Å². The molecule has 2 nitrogen and oxygen atoms in total. The molecule has 0 atom stereocenters. The second kappa shape index (κ2) is 3.16. The Morgan fingerprint density at radius 3 is 2.71 bits per heavy atom. The lowest BCUT2D eigenvalue weighted by Crippen LogP contribution is -1.89. The molecule has 0 saturated carbocycles. The van der Waals surface area contributed by atoms with E-state index in [-0.39, 0.29) is 21.1 Å². The maximum atomic E-state index is 13.4. The third-order valence-electron chi connectivity index (χ3n) is 1.80. The van der Waals surface area contributed by atoms with Crippen LogP contribution in [-0.4, -0.2) is 10.1 Å². The molecular formula is C9H4BrF2NO. The van der Waals surface area contributed by atoms with Crippen LogP contribution in [0.1, 0.15) is 0 Å². The molecule has 1 N–H and O–H groups in total. The smallest absolute Gasteiger partial charge is 0.150 e. The first-order valence-electron chi connectivity index (χ1n) is 3.72. The summed E-state index contributed by atoms with van der Waals surface area (Å²) in [5.74, 6) is -1.47. The van der Waals surface area contributed by atoms with Gasteiger partial charge in [-0.1, -0.05) is 0 Å². The van der Waals surface area contributed by atoms with E-state index < -0.39 is 11.6 Å². The topological polar surface area (TPSA) is 33.1 Å². The van der Waals surface area contributed by atoms with Crippen LogP contribution in [0.2, 0.25) is 0 Å². The maximum Gasteiger partial charge on any atom is 0.150 e. The second-order valence-electron chi connectivity index (χ2n) is 2.74. The summed E-state index contributed by atoms with van der Waals surface area (Å²) >= 11 is 2.87. The van der Waals surface area contributed by atoms with Crippen LogP contribution in [0.4, 0.5) is 8.78 Å². The average molecular weight is 260 g/mol. The molecule has 0 aliphatic carbocycles. The maximum absolute atomic E-state index is 13.4. The number of nitrogens with zero attached hydrogens (tertiary/aromatic N) is 1. The van der Waals surface area contributed by atoms with Crippen molar-refractivity contribution in [3.8, 4) is 5.75 Å². The van der Waals surface area contributed by atoms with E-state index in [2.05, 4.69) is 20.9 Å². The Bertz CT molecular complexity index is 516. The van der Waals surface area contributed by atoms with Crippen molar-refractivity contribution in [2.24, 2.45) is 0 Å². The van der Waals surface area contributed by atoms with E-state index in [9.17, 15) is 8.78 Å². The zero-order valence-corrected chi connectivity index (χ0v) is 8.35. The summed E-state index contributed by atoms with van der Waals surface area (Å²) in [5.41, 5.74) is -0.0940. The predicted molar refractivity (Wildman–Crippen MR) is 51.0 cm³/mol. The van der Waals surface area contributed by atoms with Gasteiger partial charge in [0.1, 0.15) is 17.1 Å². The highest BCUT2D eigenvalue weighted by Crippen LogP contribution is 2.28. The largest absolute Gasteiger partial charge is 0.506 e. The number of hydrogen-bond donors (Lipinski definition) is 1. The molecule has 72 valence electrons. The molecular weight excluding hydrogens is 256 g/mol. The normalized spacial score (nSPS) is 10.8. The van der Waals surface area contributed by atoms with Crippen LogP contribution >= 0.6 is 15.9 Å². The van der Waals surface area contributed by atoms with Crippen LogP contribution < -0.4 is 0 Å². The van der Waals surface area contributed by atoms with Gasteiger partial charge in [0, 0.05) is 5.39 Å². The highest BCUT2D eigenvalue weighted by atomic mass is 79.9. The fraction of sp³-hybridized carbons (Fsp3) is 0. The lowest BCUT2D eigenvalue weighted by atomic mass is 10.2. The molecule has 0 aliphatic rings. The van der Waals surface area contributed by atoms with Crippen molar-refractivity contribution in [1.82, 2.24) is 4.98 Å². The van der Waals surface area contributed by atoms with Gasteiger partial charge in [-0.05, 0) is 28.1 Å². The molecule has 0 aliphatic heterocycles. The molecule has 5 heteroatoms. The molecule has 1 aromatic carbocycles. The number of hydrogen-bond acceptors (Lipinski definition) is 2. The van der Waals surface area contributed by atoms with Crippen LogP contribution in [-0.2, 0) is 0 Å². The van der Waals surface area contributed by atoms with Gasteiger partial charge in [-0.25, -0.2) is 13.8 Å². The molecule has 0 bridgehead atoms. The van der Waals surface area contributed by atoms with Gasteiger partial charge in [-0.15, -0.1) is 0 Å². The van der Waals surface area contributed by atoms with E-state index >= 15 is 0 Å². The molecule has 14 heavy (non-hydrogen) atoms. The van der Waals surface area contributed by atoms with E-state index in [0.29, 0.717) is 0 Å². The number of aromatic nitrogens is 1. The minimum Gasteiger partial charge on any atom is -0.506 e. The Morgan fingerprint density at radius 2 is 2.00 bits per heavy atom. The van der Waals surface area contributed by atoms with Crippen LogP contribution in [0.25, 0.3) is 10.9 Å². The summed E-state index contributed by atoms with van der Waals surface area (Å²) in [6, 6.07) is 2.13. The van der Waals surface area contributed by atoms with Gasteiger partial charge >= 0.3 is 0 Å². The fourth-order valence-corrected chi connectivity index (χ4v) is 1.60. The van der Waals surface area contributed by atoms with Gasteiger partial charge in [-0.3, -0.25) is 0 Å². The summed E-state index contributed by atoms with van der Waals surface area (Å²) in [6.45, 7) is 0. The first kappa shape index (κ1) is 9.33. The molecule has 0 radical (unpaired) electrons. The molecule has 0 spiro atoms. The minimum atomic E-state index is -0.634. The first-order chi connectivity index (χ1) is 6.59. The number of benzene rings is 1. The van der Waals surface area contributed by atoms with E-state index in [1.165, 1.54) is 0 Å². The summed E-state index contributed by atoms with van der Waals surface area (Å²) in [5, 5.41) is 9.02. The van der Waals surface area contributed by atoms with Crippen molar-refractivity contribution < 1.29 is 13.9 Å². The van der Waals surface area contributed by atoms with Crippen LogP contribution in [0, 0.1) is 11.6 Å². The van der Waals surface area contributed by atoms with Gasteiger partial charge in [0.15, 0.2) is 5.82 Å². The molecule has 1 aromatic heterocycles. The zero-order valence-electron chi connectivity index (χ0n) is 6.76. The summed E-state index contributed by atoms with van der Waals surface area (Å²) < 4.78 is 26.6. The number of pyridine rings is 1. The van der Waals surface area contributed by atoms with Crippen molar-refractivity contribution in [3.63, 3.8) is 0 Å². The molecule has 2 aromatic rings. The third kappa shape index (κ3) is 1.33. The lowest BCUT2D eigenvalue weighted by Gasteiger charge is -2.02. The first-order valence-corrected chi connectivity index (χ1v) is 4.51. The molecule has 2 rings (SSSR count). The Hall–Kier alpha value is -1.23. The van der Waals surface area contributed by atoms with Gasteiger partial charge in [0.05, 0.1) is 10.7 Å². The summed E-state index contributed by atoms with van der Waals surface area (Å²) in [4.78, 5) is 3.60. The number of aromatic hydroxyl groups is 1. The van der Waals surface area contributed by atoms with Crippen molar-refractivity contribution >= 4 is 26.8 Å². The molecule has 0 unspecified atom stereocenters. The van der Waals surface area contributed by atoms with Crippen molar-refractivity contribution in [2.75, 3.05) is 0 Å². The van der Waals surface area contributed by atoms with E-state index in [0.717, 1.165) is 18.3 Å². The van der Waals surface area contributed by atoms with Crippen LogP contribution in [0.3, 0.4) is 0 Å². The highest BCUT2D eigenvalue weighted by molar-refractivity contribution is 9.10. The quantitative estimate of drug-likeness (QED) is 0.738. The van der Waals surface area contributed by atoms with Crippen LogP contribution in [0.15, 0.2) is 22.8 Å². The highest BCUT2D eigenvalue weighted by Gasteiger charge is 2.11. The molecule has 0 fully saturated rings. The molecule has 0 saturated heterocycles. The standard InChI is InChI=1S/C9H4BrF2NO/c10-6-2-7(11)9-5(8(6)12)1-4(14)3-13-9/h1-3,14H. The predicted octanol–water partition coefficient (Wildman–Crippen LogP) is 2.98. The average Bonchev–Trinajstić information content (AvgIpc) is 2.14. The van der Waals surface area contributed by atoms with Crippen molar-refractivity contribution in [1.29, 1.82) is 0 Å². The fourth-order valence-electron chi connectivity index (χ4n) is 1.18. The summed E-state index contributed by atoms with van der Waals surface area (Å²) in [7, 11) is 0. The zero-order chi connectivity index (χ0) is 10.3. The minimum absolute atomic E-state index is 0.00917. The van der Waals surface area contributed by atoms with E-state index in [1.54, 1.807) is 0 Å². The molecule has 1 heterocycles. The van der Waals surface area contributed by atoms with Crippen LogP contribution in [0.5, 0.6) is 5.75 Å². The number of rotatable bonds is 0. The van der Waals surface area contributed by atoms with Gasteiger partial charge < -0.3 is 5.11 Å². The SMILES string of the molecule is Oc1cnc2c(F)cc(Br)c(F)c2c1. The van der Waals surface area contributed by atoms with E-state index in [4.69, 9.17) is 5.11 Å². The third-order valence-corrected chi connectivity index (χ3v) is 2.38. The lowest BCUT2D eigenvalue weighted by molar-refractivity contribution is 0.473. The van der Waals surface area contributed by atoms with E-state index in [1.807, 2.05) is 0 Å². The summed E-state index contributed by atoms with van der Waals surface area (Å²) in [6.07, 6.45) is 1.07.